The molecule has 156 valence electrons. The lowest BCUT2D eigenvalue weighted by molar-refractivity contribution is 0.0880. The Morgan fingerprint density at radius 1 is 1.07 bits per heavy atom. The van der Waals surface area contributed by atoms with Crippen LogP contribution in [0.25, 0.3) is 0 Å². The molecule has 1 aromatic carbocycles. The number of nitrogens with one attached hydrogen (secondary N) is 1. The van der Waals surface area contributed by atoms with Crippen LogP contribution in [0, 0.1) is 6.92 Å². The first-order valence-electron chi connectivity index (χ1n) is 10.4. The molecule has 1 aromatic heterocycles. The maximum atomic E-state index is 12.8. The Bertz CT molecular complexity index is 788. The number of amides is 1. The van der Waals surface area contributed by atoms with Gasteiger partial charge in [0.05, 0.1) is 24.0 Å². The number of aryl methyl sites for hydroxylation is 1. The Labute approximate surface area is 172 Å². The van der Waals surface area contributed by atoms with Crippen molar-refractivity contribution in [3.63, 3.8) is 0 Å². The maximum Gasteiger partial charge on any atom is 0.255 e. The minimum absolute atomic E-state index is 0.0931. The molecule has 0 saturated heterocycles. The van der Waals surface area contributed by atoms with E-state index in [4.69, 9.17) is 14.2 Å². The summed E-state index contributed by atoms with van der Waals surface area (Å²) in [4.78, 5) is 17.0. The predicted octanol–water partition coefficient (Wildman–Crippen LogP) is 3.93. The van der Waals surface area contributed by atoms with E-state index in [-0.39, 0.29) is 18.1 Å². The Balaban J connectivity index is 1.49. The van der Waals surface area contributed by atoms with Crippen LogP contribution >= 0.6 is 0 Å². The fourth-order valence-corrected chi connectivity index (χ4v) is 3.50. The van der Waals surface area contributed by atoms with E-state index in [2.05, 4.69) is 10.3 Å². The largest absolute Gasteiger partial charge is 0.490 e. The van der Waals surface area contributed by atoms with Crippen molar-refractivity contribution in [1.29, 1.82) is 0 Å². The molecule has 3 rings (SSSR count). The molecule has 0 radical (unpaired) electrons. The third-order valence-corrected chi connectivity index (χ3v) is 5.08. The van der Waals surface area contributed by atoms with Crippen molar-refractivity contribution >= 4 is 5.91 Å². The molecule has 29 heavy (non-hydrogen) atoms. The first-order valence-corrected chi connectivity index (χ1v) is 10.4. The van der Waals surface area contributed by atoms with Crippen LogP contribution in [-0.2, 0) is 4.74 Å². The van der Waals surface area contributed by atoms with Gasteiger partial charge in [-0.05, 0) is 63.8 Å². The van der Waals surface area contributed by atoms with E-state index < -0.39 is 0 Å². The van der Waals surface area contributed by atoms with Gasteiger partial charge in [-0.15, -0.1) is 0 Å². The van der Waals surface area contributed by atoms with E-state index in [1.807, 2.05) is 44.2 Å². The number of carbonyl (C=O) groups is 1. The molecule has 2 aromatic rings. The molecular formula is C23H30N2O4. The summed E-state index contributed by atoms with van der Waals surface area (Å²) in [5, 5.41) is 3.15. The van der Waals surface area contributed by atoms with Gasteiger partial charge in [0.15, 0.2) is 0 Å². The zero-order chi connectivity index (χ0) is 20.5. The van der Waals surface area contributed by atoms with Crippen molar-refractivity contribution < 1.29 is 19.0 Å². The molecule has 1 fully saturated rings. The summed E-state index contributed by atoms with van der Waals surface area (Å²) < 4.78 is 17.1. The van der Waals surface area contributed by atoms with Gasteiger partial charge >= 0.3 is 0 Å². The SMILES string of the molecule is CCOCCOc1ccccc1C(=O)NC1CCC(Oc2cccnc2C)CC1. The second kappa shape index (κ2) is 10.8. The average molecular weight is 399 g/mol. The summed E-state index contributed by atoms with van der Waals surface area (Å²) >= 11 is 0. The van der Waals surface area contributed by atoms with Crippen LogP contribution in [0.1, 0.15) is 48.7 Å². The van der Waals surface area contributed by atoms with Crippen LogP contribution < -0.4 is 14.8 Å². The summed E-state index contributed by atoms with van der Waals surface area (Å²) in [6, 6.07) is 11.3. The number of pyridine rings is 1. The van der Waals surface area contributed by atoms with E-state index in [1.165, 1.54) is 0 Å². The molecule has 1 saturated carbocycles. The number of benzene rings is 1. The number of carbonyl (C=O) groups excluding carboxylic acids is 1. The third kappa shape index (κ3) is 6.19. The molecule has 1 aliphatic carbocycles. The highest BCUT2D eigenvalue weighted by Gasteiger charge is 2.25. The second-order valence-electron chi connectivity index (χ2n) is 7.19. The van der Waals surface area contributed by atoms with Crippen molar-refractivity contribution in [3.05, 3.63) is 53.9 Å². The van der Waals surface area contributed by atoms with Crippen molar-refractivity contribution in [2.24, 2.45) is 0 Å². The first-order chi connectivity index (χ1) is 14.2. The van der Waals surface area contributed by atoms with Crippen LogP contribution in [0.2, 0.25) is 0 Å². The van der Waals surface area contributed by atoms with Crippen molar-refractivity contribution in [1.82, 2.24) is 10.3 Å². The topological polar surface area (TPSA) is 69.7 Å². The molecule has 0 aliphatic heterocycles. The van der Waals surface area contributed by atoms with Gasteiger partial charge in [-0.1, -0.05) is 12.1 Å². The zero-order valence-corrected chi connectivity index (χ0v) is 17.2. The fourth-order valence-electron chi connectivity index (χ4n) is 3.50. The molecule has 6 nitrogen and oxygen atoms in total. The maximum absolute atomic E-state index is 12.8. The second-order valence-corrected chi connectivity index (χ2v) is 7.19. The summed E-state index contributed by atoms with van der Waals surface area (Å²) in [7, 11) is 0. The van der Waals surface area contributed by atoms with E-state index in [0.717, 1.165) is 37.1 Å². The molecule has 0 unspecified atom stereocenters. The number of aromatic nitrogens is 1. The van der Waals surface area contributed by atoms with Gasteiger partial charge in [0.25, 0.3) is 5.91 Å². The van der Waals surface area contributed by atoms with Crippen LogP contribution in [0.3, 0.4) is 0 Å². The highest BCUT2D eigenvalue weighted by Crippen LogP contribution is 2.26. The number of rotatable bonds is 9. The zero-order valence-electron chi connectivity index (χ0n) is 17.2. The summed E-state index contributed by atoms with van der Waals surface area (Å²) in [6.45, 7) is 5.48. The lowest BCUT2D eigenvalue weighted by Crippen LogP contribution is -2.39. The Morgan fingerprint density at radius 2 is 1.83 bits per heavy atom. The van der Waals surface area contributed by atoms with Gasteiger partial charge in [0.1, 0.15) is 18.1 Å². The number of hydrogen-bond acceptors (Lipinski definition) is 5. The Kier molecular flexibility index (Phi) is 7.87. The molecular weight excluding hydrogens is 368 g/mol. The number of para-hydroxylation sites is 1. The minimum atomic E-state index is -0.0931. The number of ether oxygens (including phenoxy) is 3. The van der Waals surface area contributed by atoms with Gasteiger partial charge in [-0.25, -0.2) is 0 Å². The Hall–Kier alpha value is -2.60. The first kappa shape index (κ1) is 21.1. The summed E-state index contributed by atoms with van der Waals surface area (Å²) in [6.07, 6.45) is 5.54. The summed E-state index contributed by atoms with van der Waals surface area (Å²) in [5.74, 6) is 1.34. The van der Waals surface area contributed by atoms with Crippen molar-refractivity contribution in [3.8, 4) is 11.5 Å². The van der Waals surface area contributed by atoms with Gasteiger partial charge in [0, 0.05) is 18.8 Å². The highest BCUT2D eigenvalue weighted by atomic mass is 16.5. The molecule has 6 heteroatoms. The van der Waals surface area contributed by atoms with Crippen LogP contribution in [0.4, 0.5) is 0 Å². The lowest BCUT2D eigenvalue weighted by atomic mass is 9.92. The minimum Gasteiger partial charge on any atom is -0.490 e. The lowest BCUT2D eigenvalue weighted by Gasteiger charge is -2.30. The van der Waals surface area contributed by atoms with Gasteiger partial charge < -0.3 is 19.5 Å². The van der Waals surface area contributed by atoms with E-state index in [9.17, 15) is 4.79 Å². The molecule has 1 heterocycles. The number of nitrogens with zero attached hydrogens (tertiary/aromatic N) is 1. The third-order valence-electron chi connectivity index (χ3n) is 5.08. The van der Waals surface area contributed by atoms with Crippen LogP contribution in [-0.4, -0.2) is 42.9 Å². The molecule has 0 atom stereocenters. The van der Waals surface area contributed by atoms with E-state index in [0.29, 0.717) is 31.1 Å². The monoisotopic (exact) mass is 398 g/mol. The molecule has 0 spiro atoms. The van der Waals surface area contributed by atoms with Crippen LogP contribution in [0.5, 0.6) is 11.5 Å². The van der Waals surface area contributed by atoms with Gasteiger partial charge in [-0.2, -0.15) is 0 Å². The smallest absolute Gasteiger partial charge is 0.255 e. The van der Waals surface area contributed by atoms with Crippen LogP contribution in [0.15, 0.2) is 42.6 Å². The highest BCUT2D eigenvalue weighted by molar-refractivity contribution is 5.97. The standard InChI is InChI=1S/C23H30N2O4/c1-3-27-15-16-28-22-8-5-4-7-20(22)23(26)25-18-10-12-19(13-11-18)29-21-9-6-14-24-17(21)2/h4-9,14,18-19H,3,10-13,15-16H2,1-2H3,(H,25,26). The Morgan fingerprint density at radius 3 is 2.59 bits per heavy atom. The molecule has 1 N–H and O–H groups in total. The predicted molar refractivity (Wildman–Crippen MR) is 112 cm³/mol. The molecule has 1 aliphatic rings. The number of hydrogen-bond donors (Lipinski definition) is 1. The van der Waals surface area contributed by atoms with Crippen molar-refractivity contribution in [2.75, 3.05) is 19.8 Å². The van der Waals surface area contributed by atoms with Gasteiger partial charge in [0.2, 0.25) is 0 Å². The normalized spacial score (nSPS) is 18.8. The summed E-state index contributed by atoms with van der Waals surface area (Å²) in [5.41, 5.74) is 1.47. The quantitative estimate of drug-likeness (QED) is 0.648. The molecule has 0 bridgehead atoms. The average Bonchev–Trinajstić information content (AvgIpc) is 2.74. The fraction of sp³-hybridized carbons (Fsp3) is 0.478. The van der Waals surface area contributed by atoms with E-state index >= 15 is 0 Å². The molecule has 1 amide bonds. The van der Waals surface area contributed by atoms with Gasteiger partial charge in [-0.3, -0.25) is 9.78 Å². The van der Waals surface area contributed by atoms with Crippen molar-refractivity contribution in [2.45, 2.75) is 51.7 Å². The van der Waals surface area contributed by atoms with E-state index in [1.54, 1.807) is 12.3 Å².